The van der Waals surface area contributed by atoms with Gasteiger partial charge >= 0.3 is 11.9 Å². The van der Waals surface area contributed by atoms with Gasteiger partial charge in [0.15, 0.2) is 0 Å². The Morgan fingerprint density at radius 1 is 1.09 bits per heavy atom. The summed E-state index contributed by atoms with van der Waals surface area (Å²) < 4.78 is 5.71. The number of rotatable bonds is 11. The number of benzene rings is 2. The van der Waals surface area contributed by atoms with Gasteiger partial charge in [0.2, 0.25) is 11.8 Å². The zero-order valence-electron chi connectivity index (χ0n) is 18.6. The van der Waals surface area contributed by atoms with Crippen molar-refractivity contribution >= 4 is 47.0 Å². The van der Waals surface area contributed by atoms with Gasteiger partial charge in [0.1, 0.15) is 23.9 Å². The second kappa shape index (κ2) is 11.4. The number of hydrogen-bond acceptors (Lipinski definition) is 5. The van der Waals surface area contributed by atoms with Crippen LogP contribution < -0.4 is 15.4 Å². The molecule has 2 aromatic rings. The molecule has 0 bridgehead atoms. The molecule has 3 rings (SSSR count). The van der Waals surface area contributed by atoms with E-state index >= 15 is 0 Å². The van der Waals surface area contributed by atoms with Crippen LogP contribution in [0.25, 0.3) is 0 Å². The number of ether oxygens (including phenoxy) is 1. The summed E-state index contributed by atoms with van der Waals surface area (Å²) in [7, 11) is 0. The number of carboxylic acid groups (broad SMARTS) is 2. The van der Waals surface area contributed by atoms with Crippen LogP contribution in [-0.4, -0.2) is 45.5 Å². The molecular weight excluding hydrogens is 499 g/mol. The number of halogens is 2. The second-order valence-electron chi connectivity index (χ2n) is 8.23. The average Bonchev–Trinajstić information content (AvgIpc) is 3.20. The zero-order chi connectivity index (χ0) is 25.6. The maximum atomic E-state index is 12.4. The van der Waals surface area contributed by atoms with Crippen molar-refractivity contribution in [2.24, 2.45) is 0 Å². The minimum absolute atomic E-state index is 0.0124. The Hall–Kier alpha value is -3.30. The minimum atomic E-state index is -1.50. The lowest BCUT2D eigenvalue weighted by Gasteiger charge is -2.24. The number of amides is 2. The first-order valence-corrected chi connectivity index (χ1v) is 11.6. The summed E-state index contributed by atoms with van der Waals surface area (Å²) in [6.45, 7) is 0.157. The molecule has 1 aliphatic rings. The lowest BCUT2D eigenvalue weighted by Crippen LogP contribution is -2.50. The molecule has 0 radical (unpaired) electrons. The topological polar surface area (TPSA) is 142 Å². The highest BCUT2D eigenvalue weighted by Gasteiger charge is 2.44. The van der Waals surface area contributed by atoms with Crippen molar-refractivity contribution < 1.29 is 34.1 Å². The lowest BCUT2D eigenvalue weighted by atomic mass is 9.91. The van der Waals surface area contributed by atoms with Gasteiger partial charge in [0.25, 0.3) is 0 Å². The number of carboxylic acids is 2. The van der Waals surface area contributed by atoms with Crippen molar-refractivity contribution in [1.29, 1.82) is 0 Å². The van der Waals surface area contributed by atoms with Crippen LogP contribution in [0.2, 0.25) is 10.0 Å². The van der Waals surface area contributed by atoms with Crippen LogP contribution >= 0.6 is 23.2 Å². The molecular formula is C24H24Cl2N2O7. The first-order chi connectivity index (χ1) is 16.6. The van der Waals surface area contributed by atoms with E-state index in [-0.39, 0.29) is 38.7 Å². The number of nitrogens with one attached hydrogen (secondary N) is 2. The van der Waals surface area contributed by atoms with Gasteiger partial charge in [-0.3, -0.25) is 9.59 Å². The largest absolute Gasteiger partial charge is 0.489 e. The van der Waals surface area contributed by atoms with E-state index in [1.54, 1.807) is 42.5 Å². The van der Waals surface area contributed by atoms with E-state index in [1.807, 2.05) is 0 Å². The quantitative estimate of drug-likeness (QED) is 0.354. The Kier molecular flexibility index (Phi) is 8.58. The molecule has 0 saturated carbocycles. The van der Waals surface area contributed by atoms with E-state index in [9.17, 15) is 29.4 Å². The van der Waals surface area contributed by atoms with E-state index in [2.05, 4.69) is 10.6 Å². The molecule has 0 aromatic heterocycles. The lowest BCUT2D eigenvalue weighted by molar-refractivity contribution is -0.146. The van der Waals surface area contributed by atoms with Gasteiger partial charge in [0, 0.05) is 34.9 Å². The van der Waals surface area contributed by atoms with Crippen LogP contribution in [-0.2, 0) is 32.2 Å². The van der Waals surface area contributed by atoms with E-state index < -0.39 is 35.3 Å². The van der Waals surface area contributed by atoms with Gasteiger partial charge in [-0.2, -0.15) is 0 Å². The Morgan fingerprint density at radius 3 is 2.29 bits per heavy atom. The number of carbonyl (C=O) groups is 4. The fourth-order valence-corrected chi connectivity index (χ4v) is 4.26. The summed E-state index contributed by atoms with van der Waals surface area (Å²) in [5, 5.41) is 24.8. The third-order valence-corrected chi connectivity index (χ3v) is 6.50. The highest BCUT2D eigenvalue weighted by atomic mass is 35.5. The molecule has 0 aliphatic carbocycles. The summed E-state index contributed by atoms with van der Waals surface area (Å²) in [6, 6.07) is 10.6. The van der Waals surface area contributed by atoms with Crippen LogP contribution in [0, 0.1) is 0 Å². The predicted octanol–water partition coefficient (Wildman–Crippen LogP) is 3.20. The Balaban J connectivity index is 1.55. The SMILES string of the molecule is O=C(CCC1(C(=O)O)CCC(=O)N1)NC(Cc1ccc(OCc2c(Cl)cccc2Cl)cc1)C(=O)O. The average molecular weight is 523 g/mol. The maximum Gasteiger partial charge on any atom is 0.329 e. The standard InChI is InChI=1S/C24H24Cl2N2O7/c25-17-2-1-3-18(26)16(17)13-35-15-6-4-14(5-7-15)12-19(22(31)32)27-20(29)8-10-24(23(33)34)11-9-21(30)28-24/h1-7,19H,8-13H2,(H,27,29)(H,28,30)(H,31,32)(H,33,34). The molecule has 1 aliphatic heterocycles. The molecule has 4 N–H and O–H groups in total. The molecule has 1 heterocycles. The molecule has 1 saturated heterocycles. The number of hydrogen-bond donors (Lipinski definition) is 4. The van der Waals surface area contributed by atoms with Crippen LogP contribution in [0.3, 0.4) is 0 Å². The summed E-state index contributed by atoms with van der Waals surface area (Å²) in [4.78, 5) is 47.1. The molecule has 2 atom stereocenters. The fraction of sp³-hybridized carbons (Fsp3) is 0.333. The Bertz CT molecular complexity index is 1100. The maximum absolute atomic E-state index is 12.4. The number of carbonyl (C=O) groups excluding carboxylic acids is 2. The molecule has 9 nitrogen and oxygen atoms in total. The molecule has 0 spiro atoms. The van der Waals surface area contributed by atoms with Crippen molar-refractivity contribution in [3.63, 3.8) is 0 Å². The second-order valence-corrected chi connectivity index (χ2v) is 9.05. The monoisotopic (exact) mass is 522 g/mol. The third kappa shape index (κ3) is 6.86. The predicted molar refractivity (Wildman–Crippen MR) is 127 cm³/mol. The fourth-order valence-electron chi connectivity index (χ4n) is 3.75. The van der Waals surface area contributed by atoms with Gasteiger partial charge in [-0.1, -0.05) is 41.4 Å². The molecule has 2 amide bonds. The van der Waals surface area contributed by atoms with Crippen molar-refractivity contribution in [3.05, 3.63) is 63.6 Å². The first-order valence-electron chi connectivity index (χ1n) is 10.8. The summed E-state index contributed by atoms with van der Waals surface area (Å²) in [5.74, 6) is -2.92. The summed E-state index contributed by atoms with van der Waals surface area (Å²) in [6.07, 6.45) is -0.218. The highest BCUT2D eigenvalue weighted by molar-refractivity contribution is 6.35. The van der Waals surface area contributed by atoms with Crippen LogP contribution in [0.15, 0.2) is 42.5 Å². The normalized spacial score (nSPS) is 17.9. The molecule has 186 valence electrons. The van der Waals surface area contributed by atoms with E-state index in [4.69, 9.17) is 27.9 Å². The number of aliphatic carboxylic acids is 2. The summed E-state index contributed by atoms with van der Waals surface area (Å²) >= 11 is 12.3. The molecule has 11 heteroatoms. The van der Waals surface area contributed by atoms with Crippen molar-refractivity contribution in [1.82, 2.24) is 10.6 Å². The summed E-state index contributed by atoms with van der Waals surface area (Å²) in [5.41, 5.74) is -0.210. The van der Waals surface area contributed by atoms with E-state index in [1.165, 1.54) is 0 Å². The Labute approximate surface area is 211 Å². The van der Waals surface area contributed by atoms with Crippen molar-refractivity contribution in [2.75, 3.05) is 0 Å². The Morgan fingerprint density at radius 2 is 1.74 bits per heavy atom. The van der Waals surface area contributed by atoms with E-state index in [0.717, 1.165) is 0 Å². The van der Waals surface area contributed by atoms with E-state index in [0.29, 0.717) is 26.9 Å². The molecule has 2 aromatic carbocycles. The minimum Gasteiger partial charge on any atom is -0.489 e. The van der Waals surface area contributed by atoms with Gasteiger partial charge < -0.3 is 25.6 Å². The van der Waals surface area contributed by atoms with Crippen LogP contribution in [0.1, 0.15) is 36.8 Å². The van der Waals surface area contributed by atoms with Gasteiger partial charge in [-0.25, -0.2) is 9.59 Å². The zero-order valence-corrected chi connectivity index (χ0v) is 20.1. The van der Waals surface area contributed by atoms with Crippen LogP contribution in [0.5, 0.6) is 5.75 Å². The van der Waals surface area contributed by atoms with Gasteiger partial charge in [-0.15, -0.1) is 0 Å². The van der Waals surface area contributed by atoms with Crippen molar-refractivity contribution in [3.8, 4) is 5.75 Å². The van der Waals surface area contributed by atoms with Crippen molar-refractivity contribution in [2.45, 2.75) is 50.3 Å². The molecule has 2 unspecified atom stereocenters. The highest BCUT2D eigenvalue weighted by Crippen LogP contribution is 2.27. The van der Waals surface area contributed by atoms with Crippen LogP contribution in [0.4, 0.5) is 0 Å². The van der Waals surface area contributed by atoms with Gasteiger partial charge in [0.05, 0.1) is 0 Å². The third-order valence-electron chi connectivity index (χ3n) is 5.79. The smallest absolute Gasteiger partial charge is 0.329 e. The van der Waals surface area contributed by atoms with Gasteiger partial charge in [-0.05, 0) is 42.7 Å². The molecule has 35 heavy (non-hydrogen) atoms. The first kappa shape index (κ1) is 26.3. The molecule has 1 fully saturated rings.